The molecule has 1 aromatic rings. The topological polar surface area (TPSA) is 75.4 Å². The summed E-state index contributed by atoms with van der Waals surface area (Å²) in [6.07, 6.45) is 2.96. The third kappa shape index (κ3) is 2.89. The first-order chi connectivity index (χ1) is 8.72. The van der Waals surface area contributed by atoms with Crippen LogP contribution in [0.2, 0.25) is 0 Å². The predicted octanol–water partition coefficient (Wildman–Crippen LogP) is 0.964. The number of aliphatic hydroxyl groups excluding tert-OH is 1. The molecule has 0 saturated heterocycles. The summed E-state index contributed by atoms with van der Waals surface area (Å²) in [5, 5.41) is 12.2. The van der Waals surface area contributed by atoms with Gasteiger partial charge in [-0.05, 0) is 18.4 Å². The molecule has 1 aliphatic carbocycles. The Hall–Kier alpha value is -1.39. The fourth-order valence-electron chi connectivity index (χ4n) is 2.53. The second-order valence-corrected chi connectivity index (χ2v) is 4.88. The molecule has 98 valence electrons. The minimum Gasteiger partial charge on any atom is -0.396 e. The quantitative estimate of drug-likeness (QED) is 0.743. The van der Waals surface area contributed by atoms with Crippen molar-refractivity contribution in [2.24, 2.45) is 11.7 Å². The maximum atomic E-state index is 12.0. The lowest BCUT2D eigenvalue weighted by molar-refractivity contribution is -0.123. The molecule has 1 saturated carbocycles. The van der Waals surface area contributed by atoms with Crippen molar-refractivity contribution in [2.75, 3.05) is 6.61 Å². The largest absolute Gasteiger partial charge is 0.396 e. The molecule has 0 radical (unpaired) electrons. The van der Waals surface area contributed by atoms with Crippen LogP contribution >= 0.6 is 0 Å². The Morgan fingerprint density at radius 2 is 2.11 bits per heavy atom. The number of nitrogens with one attached hydrogen (secondary N) is 1. The fraction of sp³-hybridized carbons (Fsp3) is 0.500. The monoisotopic (exact) mass is 248 g/mol. The second kappa shape index (κ2) is 5.98. The van der Waals surface area contributed by atoms with Crippen LogP contribution in [0, 0.1) is 5.92 Å². The van der Waals surface area contributed by atoms with E-state index in [0.717, 1.165) is 24.8 Å². The molecule has 0 bridgehead atoms. The van der Waals surface area contributed by atoms with E-state index in [1.807, 2.05) is 30.3 Å². The molecule has 0 aromatic heterocycles. The molecule has 4 heteroatoms. The third-order valence-corrected chi connectivity index (χ3v) is 3.66. The lowest BCUT2D eigenvalue weighted by Gasteiger charge is -2.21. The highest BCUT2D eigenvalue weighted by Crippen LogP contribution is 2.25. The van der Waals surface area contributed by atoms with Gasteiger partial charge in [0.1, 0.15) is 6.04 Å². The Morgan fingerprint density at radius 3 is 2.78 bits per heavy atom. The Labute approximate surface area is 107 Å². The number of nitrogens with two attached hydrogens (primary N) is 1. The van der Waals surface area contributed by atoms with Crippen molar-refractivity contribution in [1.82, 2.24) is 5.32 Å². The number of benzene rings is 1. The van der Waals surface area contributed by atoms with Crippen molar-refractivity contribution in [3.05, 3.63) is 35.9 Å². The molecule has 1 aromatic carbocycles. The number of hydrogen-bond donors (Lipinski definition) is 3. The summed E-state index contributed by atoms with van der Waals surface area (Å²) in [5.74, 6) is 0.0171. The van der Waals surface area contributed by atoms with Gasteiger partial charge in [-0.15, -0.1) is 0 Å². The standard InChI is InChI=1S/C14H20N2O2/c15-13(10-5-2-1-3-6-10)14(18)16-12-8-4-7-11(12)9-17/h1-3,5-6,11-13,17H,4,7-9,15H2,(H,16,18)/t11?,12?,13-/m1/s1. The Kier molecular flexibility index (Phi) is 4.33. The van der Waals surface area contributed by atoms with Gasteiger partial charge in [0, 0.05) is 18.6 Å². The number of carbonyl (C=O) groups excluding carboxylic acids is 1. The van der Waals surface area contributed by atoms with Crippen LogP contribution in [0.4, 0.5) is 0 Å². The molecule has 0 heterocycles. The van der Waals surface area contributed by atoms with Crippen molar-refractivity contribution < 1.29 is 9.90 Å². The summed E-state index contributed by atoms with van der Waals surface area (Å²) in [5.41, 5.74) is 6.74. The van der Waals surface area contributed by atoms with Crippen LogP contribution in [0.5, 0.6) is 0 Å². The molecule has 4 N–H and O–H groups in total. The molecular weight excluding hydrogens is 228 g/mol. The van der Waals surface area contributed by atoms with Crippen LogP contribution in [-0.2, 0) is 4.79 Å². The molecule has 1 amide bonds. The minimum absolute atomic E-state index is 0.0669. The first-order valence-corrected chi connectivity index (χ1v) is 6.44. The molecule has 0 aliphatic heterocycles. The number of amides is 1. The van der Waals surface area contributed by atoms with Crippen molar-refractivity contribution in [1.29, 1.82) is 0 Å². The maximum Gasteiger partial charge on any atom is 0.241 e. The maximum absolute atomic E-state index is 12.0. The van der Waals surface area contributed by atoms with Crippen LogP contribution in [0.1, 0.15) is 30.9 Å². The van der Waals surface area contributed by atoms with E-state index in [-0.39, 0.29) is 24.5 Å². The van der Waals surface area contributed by atoms with Gasteiger partial charge < -0.3 is 16.2 Å². The summed E-state index contributed by atoms with van der Waals surface area (Å²) in [4.78, 5) is 12.0. The van der Waals surface area contributed by atoms with Crippen molar-refractivity contribution in [3.8, 4) is 0 Å². The second-order valence-electron chi connectivity index (χ2n) is 4.88. The highest BCUT2D eigenvalue weighted by Gasteiger charge is 2.29. The van der Waals surface area contributed by atoms with Gasteiger partial charge in [0.2, 0.25) is 5.91 Å². The van der Waals surface area contributed by atoms with E-state index in [1.54, 1.807) is 0 Å². The Bertz CT molecular complexity index is 394. The summed E-state index contributed by atoms with van der Waals surface area (Å²) < 4.78 is 0. The SMILES string of the molecule is N[C@@H](C(=O)NC1CCCC1CO)c1ccccc1. The first kappa shape index (κ1) is 13.1. The van der Waals surface area contributed by atoms with Crippen LogP contribution in [0.25, 0.3) is 0 Å². The fourth-order valence-corrected chi connectivity index (χ4v) is 2.53. The average molecular weight is 248 g/mol. The molecule has 3 atom stereocenters. The van der Waals surface area contributed by atoms with E-state index in [0.29, 0.717) is 0 Å². The van der Waals surface area contributed by atoms with Gasteiger partial charge in [0.25, 0.3) is 0 Å². The van der Waals surface area contributed by atoms with E-state index >= 15 is 0 Å². The normalized spacial score (nSPS) is 24.8. The van der Waals surface area contributed by atoms with E-state index in [1.165, 1.54) is 0 Å². The Morgan fingerprint density at radius 1 is 1.39 bits per heavy atom. The summed E-state index contributed by atoms with van der Waals surface area (Å²) in [6.45, 7) is 0.130. The molecule has 2 unspecified atom stereocenters. The van der Waals surface area contributed by atoms with Gasteiger partial charge in [0.05, 0.1) is 0 Å². The number of carbonyl (C=O) groups is 1. The predicted molar refractivity (Wildman–Crippen MR) is 69.7 cm³/mol. The first-order valence-electron chi connectivity index (χ1n) is 6.44. The molecule has 18 heavy (non-hydrogen) atoms. The molecule has 4 nitrogen and oxygen atoms in total. The smallest absolute Gasteiger partial charge is 0.241 e. The summed E-state index contributed by atoms with van der Waals surface area (Å²) >= 11 is 0. The van der Waals surface area contributed by atoms with Gasteiger partial charge >= 0.3 is 0 Å². The highest BCUT2D eigenvalue weighted by molar-refractivity contribution is 5.83. The molecule has 1 aliphatic rings. The zero-order chi connectivity index (χ0) is 13.0. The van der Waals surface area contributed by atoms with Gasteiger partial charge in [0.15, 0.2) is 0 Å². The lowest BCUT2D eigenvalue weighted by atomic mass is 10.0. The van der Waals surface area contributed by atoms with Gasteiger partial charge in [-0.3, -0.25) is 4.79 Å². The zero-order valence-electron chi connectivity index (χ0n) is 10.4. The minimum atomic E-state index is -0.633. The summed E-state index contributed by atoms with van der Waals surface area (Å²) in [7, 11) is 0. The van der Waals surface area contributed by atoms with Crippen LogP contribution < -0.4 is 11.1 Å². The van der Waals surface area contributed by atoms with E-state index in [9.17, 15) is 9.90 Å². The van der Waals surface area contributed by atoms with Crippen LogP contribution in [0.3, 0.4) is 0 Å². The van der Waals surface area contributed by atoms with E-state index < -0.39 is 6.04 Å². The van der Waals surface area contributed by atoms with Crippen LogP contribution in [-0.4, -0.2) is 23.7 Å². The van der Waals surface area contributed by atoms with Gasteiger partial charge in [-0.25, -0.2) is 0 Å². The molecule has 1 fully saturated rings. The Balaban J connectivity index is 1.95. The van der Waals surface area contributed by atoms with E-state index in [2.05, 4.69) is 5.32 Å². The molecule has 0 spiro atoms. The average Bonchev–Trinajstić information content (AvgIpc) is 2.86. The van der Waals surface area contributed by atoms with E-state index in [4.69, 9.17) is 5.73 Å². The van der Waals surface area contributed by atoms with Crippen molar-refractivity contribution >= 4 is 5.91 Å². The van der Waals surface area contributed by atoms with Gasteiger partial charge in [-0.2, -0.15) is 0 Å². The highest BCUT2D eigenvalue weighted by atomic mass is 16.3. The third-order valence-electron chi connectivity index (χ3n) is 3.66. The number of aliphatic hydroxyl groups is 1. The van der Waals surface area contributed by atoms with Crippen LogP contribution in [0.15, 0.2) is 30.3 Å². The van der Waals surface area contributed by atoms with Gasteiger partial charge in [-0.1, -0.05) is 36.8 Å². The number of rotatable bonds is 4. The van der Waals surface area contributed by atoms with Crippen molar-refractivity contribution in [3.63, 3.8) is 0 Å². The number of hydrogen-bond acceptors (Lipinski definition) is 3. The lowest BCUT2D eigenvalue weighted by Crippen LogP contribution is -2.43. The summed E-state index contributed by atoms with van der Waals surface area (Å²) in [6, 6.07) is 8.77. The molecular formula is C14H20N2O2. The van der Waals surface area contributed by atoms with Crippen molar-refractivity contribution in [2.45, 2.75) is 31.3 Å². The zero-order valence-corrected chi connectivity index (χ0v) is 10.4. The molecule has 2 rings (SSSR count).